The number of aliphatic hydroxyl groups is 1. The summed E-state index contributed by atoms with van der Waals surface area (Å²) in [6.07, 6.45) is 8.97. The van der Waals surface area contributed by atoms with Gasteiger partial charge in [0, 0.05) is 37.6 Å². The van der Waals surface area contributed by atoms with Crippen molar-refractivity contribution in [1.29, 1.82) is 0 Å². The SMILES string of the molecule is C[C@H](c1ccncc1)N1CCC(NC(=O)N[C@H]2CCCC[C@@H]2O)CC1. The third-order valence-electron chi connectivity index (χ3n) is 5.65. The predicted octanol–water partition coefficient (Wildman–Crippen LogP) is 2.21. The summed E-state index contributed by atoms with van der Waals surface area (Å²) in [4.78, 5) is 18.7. The van der Waals surface area contributed by atoms with Gasteiger partial charge in [-0.05, 0) is 50.3 Å². The number of likely N-dealkylation sites (tertiary alicyclic amines) is 1. The highest BCUT2D eigenvalue weighted by atomic mass is 16.3. The molecule has 2 amide bonds. The molecule has 1 aromatic rings. The van der Waals surface area contributed by atoms with Gasteiger partial charge in [0.25, 0.3) is 0 Å². The zero-order chi connectivity index (χ0) is 17.6. The second-order valence-electron chi connectivity index (χ2n) is 7.34. The van der Waals surface area contributed by atoms with Crippen molar-refractivity contribution in [3.05, 3.63) is 30.1 Å². The zero-order valence-electron chi connectivity index (χ0n) is 15.0. The van der Waals surface area contributed by atoms with E-state index < -0.39 is 6.10 Å². The molecule has 1 saturated carbocycles. The highest BCUT2D eigenvalue weighted by Crippen LogP contribution is 2.24. The van der Waals surface area contributed by atoms with Crippen LogP contribution in [0.25, 0.3) is 0 Å². The average Bonchev–Trinajstić information content (AvgIpc) is 2.64. The summed E-state index contributed by atoms with van der Waals surface area (Å²) in [7, 11) is 0. The summed E-state index contributed by atoms with van der Waals surface area (Å²) in [6.45, 7) is 4.17. The molecule has 0 aromatic carbocycles. The molecule has 138 valence electrons. The second-order valence-corrected chi connectivity index (χ2v) is 7.34. The largest absolute Gasteiger partial charge is 0.391 e. The number of urea groups is 1. The molecule has 2 aliphatic rings. The van der Waals surface area contributed by atoms with Crippen molar-refractivity contribution in [2.75, 3.05) is 13.1 Å². The first kappa shape index (κ1) is 18.1. The lowest BCUT2D eigenvalue weighted by Crippen LogP contribution is -2.53. The Kier molecular flexibility index (Phi) is 6.26. The van der Waals surface area contributed by atoms with Crippen molar-refractivity contribution in [3.8, 4) is 0 Å². The summed E-state index contributed by atoms with van der Waals surface area (Å²) < 4.78 is 0. The van der Waals surface area contributed by atoms with Crippen LogP contribution in [0.1, 0.15) is 57.1 Å². The quantitative estimate of drug-likeness (QED) is 0.781. The molecule has 6 nitrogen and oxygen atoms in total. The van der Waals surface area contributed by atoms with Crippen LogP contribution in [0.15, 0.2) is 24.5 Å². The molecule has 1 aliphatic heterocycles. The third kappa shape index (κ3) is 4.92. The third-order valence-corrected chi connectivity index (χ3v) is 5.65. The number of amides is 2. The maximum absolute atomic E-state index is 12.2. The molecular weight excluding hydrogens is 316 g/mol. The molecule has 0 bridgehead atoms. The Morgan fingerprint density at radius 1 is 1.16 bits per heavy atom. The standard InChI is InChI=1S/C19H30N4O2/c1-14(15-6-10-20-11-7-15)23-12-8-16(9-13-23)21-19(25)22-17-4-2-3-5-18(17)24/h6-7,10-11,14,16-18,24H,2-5,8-9,12-13H2,1H3,(H2,21,22,25)/t14-,17+,18+/m1/s1. The number of nitrogens with zero attached hydrogens (tertiary/aromatic N) is 2. The highest BCUT2D eigenvalue weighted by molar-refractivity contribution is 5.74. The molecule has 0 spiro atoms. The fraction of sp³-hybridized carbons (Fsp3) is 0.684. The van der Waals surface area contributed by atoms with Crippen molar-refractivity contribution < 1.29 is 9.90 Å². The minimum Gasteiger partial charge on any atom is -0.391 e. The molecule has 0 radical (unpaired) electrons. The first-order valence-corrected chi connectivity index (χ1v) is 9.52. The molecule has 1 aromatic heterocycles. The fourth-order valence-corrected chi connectivity index (χ4v) is 3.96. The maximum Gasteiger partial charge on any atom is 0.315 e. The fourth-order valence-electron chi connectivity index (χ4n) is 3.96. The van der Waals surface area contributed by atoms with Gasteiger partial charge in [0.05, 0.1) is 12.1 Å². The molecule has 25 heavy (non-hydrogen) atoms. The van der Waals surface area contributed by atoms with E-state index in [1.807, 2.05) is 12.4 Å². The van der Waals surface area contributed by atoms with Crippen molar-refractivity contribution >= 4 is 6.03 Å². The van der Waals surface area contributed by atoms with E-state index in [2.05, 4.69) is 39.6 Å². The summed E-state index contributed by atoms with van der Waals surface area (Å²) >= 11 is 0. The number of hydrogen-bond acceptors (Lipinski definition) is 4. The van der Waals surface area contributed by atoms with Gasteiger partial charge in [-0.3, -0.25) is 9.88 Å². The molecule has 3 rings (SSSR count). The molecule has 2 heterocycles. The highest BCUT2D eigenvalue weighted by Gasteiger charge is 2.27. The van der Waals surface area contributed by atoms with Crippen LogP contribution >= 0.6 is 0 Å². The van der Waals surface area contributed by atoms with Crippen LogP contribution in [0.3, 0.4) is 0 Å². The van der Waals surface area contributed by atoms with E-state index in [0.717, 1.165) is 51.6 Å². The van der Waals surface area contributed by atoms with Gasteiger partial charge in [0.2, 0.25) is 0 Å². The smallest absolute Gasteiger partial charge is 0.315 e. The van der Waals surface area contributed by atoms with E-state index in [1.54, 1.807) is 0 Å². The average molecular weight is 346 g/mol. The Bertz CT molecular complexity index is 546. The number of carbonyl (C=O) groups is 1. The van der Waals surface area contributed by atoms with Gasteiger partial charge in [-0.15, -0.1) is 0 Å². The number of rotatable bonds is 4. The van der Waals surface area contributed by atoms with Crippen LogP contribution in [0.5, 0.6) is 0 Å². The van der Waals surface area contributed by atoms with E-state index in [4.69, 9.17) is 0 Å². The number of aromatic nitrogens is 1. The first-order chi connectivity index (χ1) is 12.1. The van der Waals surface area contributed by atoms with Gasteiger partial charge < -0.3 is 15.7 Å². The molecule has 3 N–H and O–H groups in total. The summed E-state index contributed by atoms with van der Waals surface area (Å²) in [5.41, 5.74) is 1.28. The number of piperidine rings is 1. The number of carbonyl (C=O) groups excluding carboxylic acids is 1. The first-order valence-electron chi connectivity index (χ1n) is 9.52. The molecule has 1 aliphatic carbocycles. The van der Waals surface area contributed by atoms with Crippen molar-refractivity contribution in [1.82, 2.24) is 20.5 Å². The second kappa shape index (κ2) is 8.63. The predicted molar refractivity (Wildman–Crippen MR) is 97.2 cm³/mol. The summed E-state index contributed by atoms with van der Waals surface area (Å²) in [6, 6.07) is 4.49. The monoisotopic (exact) mass is 346 g/mol. The van der Waals surface area contributed by atoms with Gasteiger partial charge in [0.15, 0.2) is 0 Å². The maximum atomic E-state index is 12.2. The van der Waals surface area contributed by atoms with Crippen LogP contribution in [0, 0.1) is 0 Å². The number of aliphatic hydroxyl groups excluding tert-OH is 1. The normalized spacial score (nSPS) is 26.8. The number of hydrogen-bond donors (Lipinski definition) is 3. The van der Waals surface area contributed by atoms with Gasteiger partial charge >= 0.3 is 6.03 Å². The Balaban J connectivity index is 1.42. The minimum absolute atomic E-state index is 0.0967. The Hall–Kier alpha value is -1.66. The lowest BCUT2D eigenvalue weighted by molar-refractivity contribution is 0.0931. The van der Waals surface area contributed by atoms with Crippen LogP contribution in [-0.4, -0.2) is 52.3 Å². The topological polar surface area (TPSA) is 77.5 Å². The Labute approximate surface area is 150 Å². The Morgan fingerprint density at radius 2 is 1.84 bits per heavy atom. The lowest BCUT2D eigenvalue weighted by atomic mass is 9.93. The van der Waals surface area contributed by atoms with Crippen LogP contribution in [0.2, 0.25) is 0 Å². The number of nitrogens with one attached hydrogen (secondary N) is 2. The van der Waals surface area contributed by atoms with Crippen molar-refractivity contribution in [3.63, 3.8) is 0 Å². The van der Waals surface area contributed by atoms with Gasteiger partial charge in [-0.25, -0.2) is 4.79 Å². The summed E-state index contributed by atoms with van der Waals surface area (Å²) in [5, 5.41) is 16.0. The van der Waals surface area contributed by atoms with E-state index >= 15 is 0 Å². The van der Waals surface area contributed by atoms with Crippen LogP contribution in [-0.2, 0) is 0 Å². The molecule has 6 heteroatoms. The van der Waals surface area contributed by atoms with E-state index in [9.17, 15) is 9.90 Å². The molecule has 1 saturated heterocycles. The molecule has 3 atom stereocenters. The lowest BCUT2D eigenvalue weighted by Gasteiger charge is -2.37. The minimum atomic E-state index is -0.400. The summed E-state index contributed by atoms with van der Waals surface area (Å²) in [5.74, 6) is 0. The molecule has 2 fully saturated rings. The van der Waals surface area contributed by atoms with Gasteiger partial charge in [0.1, 0.15) is 0 Å². The van der Waals surface area contributed by atoms with E-state index in [1.165, 1.54) is 5.56 Å². The van der Waals surface area contributed by atoms with Gasteiger partial charge in [-0.2, -0.15) is 0 Å². The number of pyridine rings is 1. The zero-order valence-corrected chi connectivity index (χ0v) is 15.0. The van der Waals surface area contributed by atoms with Crippen LogP contribution < -0.4 is 10.6 Å². The Morgan fingerprint density at radius 3 is 2.52 bits per heavy atom. The van der Waals surface area contributed by atoms with Crippen LogP contribution in [0.4, 0.5) is 4.79 Å². The van der Waals surface area contributed by atoms with E-state index in [-0.39, 0.29) is 18.1 Å². The van der Waals surface area contributed by atoms with E-state index in [0.29, 0.717) is 6.04 Å². The molecule has 0 unspecified atom stereocenters. The van der Waals surface area contributed by atoms with Crippen molar-refractivity contribution in [2.24, 2.45) is 0 Å². The van der Waals surface area contributed by atoms with Crippen molar-refractivity contribution in [2.45, 2.75) is 69.7 Å². The van der Waals surface area contributed by atoms with Gasteiger partial charge in [-0.1, -0.05) is 12.8 Å². The molecular formula is C19H30N4O2.